The molecule has 134 valence electrons. The van der Waals surface area contributed by atoms with Crippen molar-refractivity contribution in [3.8, 4) is 11.5 Å². The van der Waals surface area contributed by atoms with Gasteiger partial charge in [0.1, 0.15) is 22.9 Å². The van der Waals surface area contributed by atoms with Crippen LogP contribution in [0.4, 0.5) is 5.82 Å². The topological polar surface area (TPSA) is 42.5 Å². The molecule has 4 nitrogen and oxygen atoms in total. The molecular formula is C20H26ClN3O. The van der Waals surface area contributed by atoms with Crippen LogP contribution in [0.5, 0.6) is 0 Å². The molecule has 1 N–H and O–H groups in total. The Bertz CT molecular complexity index is 899. The lowest BCUT2D eigenvalue weighted by Gasteiger charge is -2.34. The molecule has 0 bridgehead atoms. The van der Waals surface area contributed by atoms with E-state index in [0.29, 0.717) is 5.02 Å². The fraction of sp³-hybridized carbons (Fsp3) is 0.450. The summed E-state index contributed by atoms with van der Waals surface area (Å²) in [6.45, 7) is 13.1. The number of halogens is 1. The molecule has 0 saturated heterocycles. The number of imidazole rings is 1. The van der Waals surface area contributed by atoms with Gasteiger partial charge in [-0.3, -0.25) is 4.40 Å². The average molecular weight is 360 g/mol. The number of fused-ring (bicyclic) bond motifs is 1. The summed E-state index contributed by atoms with van der Waals surface area (Å²) in [6, 6.07) is 7.69. The summed E-state index contributed by atoms with van der Waals surface area (Å²) in [5.74, 6) is 2.53. The van der Waals surface area contributed by atoms with Gasteiger partial charge in [-0.1, -0.05) is 32.4 Å². The predicted octanol–water partition coefficient (Wildman–Crippen LogP) is 6.18. The Morgan fingerprint density at radius 3 is 2.44 bits per heavy atom. The third-order valence-electron chi connectivity index (χ3n) is 3.99. The van der Waals surface area contributed by atoms with Gasteiger partial charge in [-0.2, -0.15) is 0 Å². The number of rotatable bonds is 4. The van der Waals surface area contributed by atoms with Gasteiger partial charge in [0, 0.05) is 11.7 Å². The summed E-state index contributed by atoms with van der Waals surface area (Å²) >= 11 is 6.23. The molecule has 0 fully saturated rings. The van der Waals surface area contributed by atoms with Crippen LogP contribution in [0.1, 0.15) is 46.8 Å². The molecule has 0 unspecified atom stereocenters. The first-order valence-electron chi connectivity index (χ1n) is 8.57. The smallest absolute Gasteiger partial charge is 0.156 e. The molecule has 25 heavy (non-hydrogen) atoms. The van der Waals surface area contributed by atoms with Crippen molar-refractivity contribution in [2.45, 2.75) is 53.5 Å². The summed E-state index contributed by atoms with van der Waals surface area (Å²) in [5.41, 5.74) is 1.73. The molecule has 0 saturated carbocycles. The lowest BCUT2D eigenvalue weighted by Crippen LogP contribution is -2.36. The lowest BCUT2D eigenvalue weighted by atomic mass is 9.82. The molecule has 0 aromatic carbocycles. The standard InChI is InChI=1S/C20H26ClN3O/c1-13-7-9-15(25-13)17-18(23-20(5,6)12-19(2,3)4)24-11-14(21)8-10-16(24)22-17/h7-11,23H,12H2,1-6H3. The normalized spacial score (nSPS) is 12.8. The van der Waals surface area contributed by atoms with Crippen LogP contribution in [0.2, 0.25) is 5.02 Å². The van der Waals surface area contributed by atoms with E-state index in [0.717, 1.165) is 35.1 Å². The zero-order valence-electron chi connectivity index (χ0n) is 15.8. The molecule has 0 aliphatic rings. The van der Waals surface area contributed by atoms with Crippen LogP contribution < -0.4 is 5.32 Å². The van der Waals surface area contributed by atoms with Crippen LogP contribution in [-0.4, -0.2) is 14.9 Å². The maximum atomic E-state index is 6.23. The van der Waals surface area contributed by atoms with Crippen LogP contribution in [0.25, 0.3) is 17.1 Å². The number of nitrogens with one attached hydrogen (secondary N) is 1. The Morgan fingerprint density at radius 1 is 1.12 bits per heavy atom. The third-order valence-corrected chi connectivity index (χ3v) is 4.21. The van der Waals surface area contributed by atoms with Crippen LogP contribution >= 0.6 is 11.6 Å². The summed E-state index contributed by atoms with van der Waals surface area (Å²) in [6.07, 6.45) is 2.89. The van der Waals surface area contributed by atoms with E-state index >= 15 is 0 Å². The predicted molar refractivity (Wildman–Crippen MR) is 104 cm³/mol. The van der Waals surface area contributed by atoms with E-state index in [1.54, 1.807) is 0 Å². The maximum Gasteiger partial charge on any atom is 0.156 e. The molecule has 0 atom stereocenters. The van der Waals surface area contributed by atoms with Gasteiger partial charge in [-0.25, -0.2) is 4.98 Å². The van der Waals surface area contributed by atoms with E-state index in [2.05, 4.69) is 39.9 Å². The van der Waals surface area contributed by atoms with E-state index in [4.69, 9.17) is 21.0 Å². The largest absolute Gasteiger partial charge is 0.460 e. The van der Waals surface area contributed by atoms with Crippen molar-refractivity contribution >= 4 is 23.1 Å². The maximum absolute atomic E-state index is 6.23. The number of pyridine rings is 1. The minimum Gasteiger partial charge on any atom is -0.460 e. The highest BCUT2D eigenvalue weighted by atomic mass is 35.5. The van der Waals surface area contributed by atoms with E-state index in [1.165, 1.54) is 0 Å². The Labute approximate surface area is 154 Å². The summed E-state index contributed by atoms with van der Waals surface area (Å²) in [7, 11) is 0. The molecule has 3 aromatic rings. The first-order valence-corrected chi connectivity index (χ1v) is 8.94. The van der Waals surface area contributed by atoms with Gasteiger partial charge in [-0.05, 0) is 56.9 Å². The number of hydrogen-bond donors (Lipinski definition) is 1. The first-order chi connectivity index (χ1) is 11.5. The minimum absolute atomic E-state index is 0.118. The van der Waals surface area contributed by atoms with E-state index in [9.17, 15) is 0 Å². The van der Waals surface area contributed by atoms with Crippen LogP contribution in [0.3, 0.4) is 0 Å². The Kier molecular flexibility index (Phi) is 4.36. The van der Waals surface area contributed by atoms with Gasteiger partial charge < -0.3 is 9.73 Å². The van der Waals surface area contributed by atoms with Crippen molar-refractivity contribution in [3.63, 3.8) is 0 Å². The van der Waals surface area contributed by atoms with Crippen molar-refractivity contribution < 1.29 is 4.42 Å². The summed E-state index contributed by atoms with van der Waals surface area (Å²) in [4.78, 5) is 4.77. The third kappa shape index (κ3) is 4.01. The molecule has 0 aliphatic heterocycles. The number of aryl methyl sites for hydroxylation is 1. The zero-order valence-corrected chi connectivity index (χ0v) is 16.5. The van der Waals surface area contributed by atoms with Gasteiger partial charge in [-0.15, -0.1) is 0 Å². The zero-order chi connectivity index (χ0) is 18.4. The quantitative estimate of drug-likeness (QED) is 0.604. The fourth-order valence-corrected chi connectivity index (χ4v) is 3.72. The van der Waals surface area contributed by atoms with Crippen molar-refractivity contribution in [2.24, 2.45) is 5.41 Å². The highest BCUT2D eigenvalue weighted by Gasteiger charge is 2.28. The van der Waals surface area contributed by atoms with Crippen molar-refractivity contribution in [1.29, 1.82) is 0 Å². The second-order valence-corrected chi connectivity index (χ2v) is 8.98. The van der Waals surface area contributed by atoms with Gasteiger partial charge in [0.15, 0.2) is 5.76 Å². The molecule has 0 aliphatic carbocycles. The molecule has 0 radical (unpaired) electrons. The van der Waals surface area contributed by atoms with Crippen molar-refractivity contribution in [2.75, 3.05) is 5.32 Å². The Balaban J connectivity index is 2.12. The fourth-order valence-electron chi connectivity index (χ4n) is 3.56. The number of hydrogen-bond acceptors (Lipinski definition) is 3. The number of aromatic nitrogens is 2. The molecular weight excluding hydrogens is 334 g/mol. The molecule has 3 rings (SSSR count). The van der Waals surface area contributed by atoms with Crippen LogP contribution in [0.15, 0.2) is 34.9 Å². The Hall–Kier alpha value is -1.94. The van der Waals surface area contributed by atoms with Gasteiger partial charge in [0.2, 0.25) is 0 Å². The molecule has 5 heteroatoms. The second-order valence-electron chi connectivity index (χ2n) is 8.54. The molecule has 3 heterocycles. The molecule has 0 spiro atoms. The monoisotopic (exact) mass is 359 g/mol. The van der Waals surface area contributed by atoms with Crippen molar-refractivity contribution in [1.82, 2.24) is 9.38 Å². The average Bonchev–Trinajstić information content (AvgIpc) is 3.00. The van der Waals surface area contributed by atoms with Crippen molar-refractivity contribution in [3.05, 3.63) is 41.2 Å². The summed E-state index contributed by atoms with van der Waals surface area (Å²) < 4.78 is 7.84. The van der Waals surface area contributed by atoms with E-state index in [-0.39, 0.29) is 11.0 Å². The minimum atomic E-state index is -0.118. The van der Waals surface area contributed by atoms with Gasteiger partial charge in [0.05, 0.1) is 5.02 Å². The highest BCUT2D eigenvalue weighted by molar-refractivity contribution is 6.30. The first kappa shape index (κ1) is 17.9. The van der Waals surface area contributed by atoms with Crippen LogP contribution in [-0.2, 0) is 0 Å². The van der Waals surface area contributed by atoms with E-state index in [1.807, 2.05) is 41.8 Å². The second kappa shape index (κ2) is 6.10. The Morgan fingerprint density at radius 2 is 1.84 bits per heavy atom. The van der Waals surface area contributed by atoms with Gasteiger partial charge in [0.25, 0.3) is 0 Å². The number of nitrogens with zero attached hydrogens (tertiary/aromatic N) is 2. The van der Waals surface area contributed by atoms with E-state index < -0.39 is 0 Å². The molecule has 3 aromatic heterocycles. The molecule has 0 amide bonds. The van der Waals surface area contributed by atoms with Gasteiger partial charge >= 0.3 is 0 Å². The lowest BCUT2D eigenvalue weighted by molar-refractivity contribution is 0.302. The number of anilines is 1. The number of furan rings is 1. The SMILES string of the molecule is Cc1ccc(-c2nc3ccc(Cl)cn3c2NC(C)(C)CC(C)(C)C)o1. The highest BCUT2D eigenvalue weighted by Crippen LogP contribution is 2.35. The van der Waals surface area contributed by atoms with Crippen LogP contribution in [0, 0.1) is 12.3 Å². The summed E-state index contributed by atoms with van der Waals surface area (Å²) in [5, 5.41) is 4.35.